The first-order chi connectivity index (χ1) is 18.9. The van der Waals surface area contributed by atoms with Crippen molar-refractivity contribution in [2.24, 2.45) is 5.10 Å². The second-order valence-electron chi connectivity index (χ2n) is 8.21. The van der Waals surface area contributed by atoms with E-state index >= 15 is 0 Å². The maximum atomic E-state index is 13.5. The molecule has 0 aromatic heterocycles. The van der Waals surface area contributed by atoms with E-state index in [0.29, 0.717) is 22.1 Å². The molecule has 0 saturated carbocycles. The molecular weight excluding hydrogens is 538 g/mol. The van der Waals surface area contributed by atoms with Gasteiger partial charge in [-0.15, -0.1) is 0 Å². The summed E-state index contributed by atoms with van der Waals surface area (Å²) in [7, 11) is -2.66. The number of hydrogen-bond acceptors (Lipinski definition) is 6. The van der Waals surface area contributed by atoms with Crippen LogP contribution in [0.15, 0.2) is 113 Å². The van der Waals surface area contributed by atoms with Crippen LogP contribution in [-0.2, 0) is 21.4 Å². The predicted molar refractivity (Wildman–Crippen MR) is 152 cm³/mol. The van der Waals surface area contributed by atoms with Gasteiger partial charge in [-0.05, 0) is 42.5 Å². The average Bonchev–Trinajstić information content (AvgIpc) is 2.96. The third kappa shape index (κ3) is 6.95. The number of carbonyl (C=O) groups excluding carboxylic acids is 1. The van der Waals surface area contributed by atoms with Gasteiger partial charge in [0.2, 0.25) is 0 Å². The maximum Gasteiger partial charge on any atom is 0.264 e. The molecule has 0 radical (unpaired) electrons. The van der Waals surface area contributed by atoms with Crippen LogP contribution in [0.25, 0.3) is 0 Å². The molecule has 0 aliphatic carbocycles. The second-order valence-corrected chi connectivity index (χ2v) is 10.5. The van der Waals surface area contributed by atoms with Crippen LogP contribution in [0, 0.1) is 0 Å². The normalized spacial score (nSPS) is 11.2. The molecule has 8 nitrogen and oxygen atoms in total. The Morgan fingerprint density at radius 2 is 1.54 bits per heavy atom. The van der Waals surface area contributed by atoms with Gasteiger partial charge in [0.1, 0.15) is 24.7 Å². The molecule has 4 rings (SSSR count). The summed E-state index contributed by atoms with van der Waals surface area (Å²) in [6, 6.07) is 29.0. The third-order valence-corrected chi connectivity index (χ3v) is 7.77. The number of amides is 1. The SMILES string of the molecule is COc1ccccc1N(CC(=O)N/N=C/c1ccccc1OCc1ccccc1Cl)S(=O)(=O)c1ccccc1. The first kappa shape index (κ1) is 27.7. The molecule has 0 aliphatic rings. The molecule has 0 fully saturated rings. The van der Waals surface area contributed by atoms with E-state index in [0.717, 1.165) is 9.87 Å². The Hall–Kier alpha value is -4.34. The number of carbonyl (C=O) groups is 1. The van der Waals surface area contributed by atoms with Crippen LogP contribution in [0.5, 0.6) is 11.5 Å². The number of hydrogen-bond donors (Lipinski definition) is 1. The molecular formula is C29H26ClN3O5S. The van der Waals surface area contributed by atoms with Crippen molar-refractivity contribution < 1.29 is 22.7 Å². The Morgan fingerprint density at radius 3 is 2.28 bits per heavy atom. The standard InChI is InChI=1S/C29H26ClN3O5S/c1-37-28-18-10-8-16-26(28)33(39(35,36)24-13-3-2-4-14-24)20-29(34)32-31-19-22-11-6-9-17-27(22)38-21-23-12-5-7-15-25(23)30/h2-19H,20-21H2,1H3,(H,32,34)/b31-19+. The van der Waals surface area contributed by atoms with Crippen molar-refractivity contribution in [2.45, 2.75) is 11.5 Å². The van der Waals surface area contributed by atoms with Crippen molar-refractivity contribution in [3.8, 4) is 11.5 Å². The number of sulfonamides is 1. The number of hydrazone groups is 1. The van der Waals surface area contributed by atoms with Crippen molar-refractivity contribution >= 4 is 39.4 Å². The molecule has 0 unspecified atom stereocenters. The molecule has 200 valence electrons. The topological polar surface area (TPSA) is 97.3 Å². The van der Waals surface area contributed by atoms with Gasteiger partial charge < -0.3 is 9.47 Å². The van der Waals surface area contributed by atoms with Gasteiger partial charge in [-0.2, -0.15) is 5.10 Å². The molecule has 1 amide bonds. The minimum Gasteiger partial charge on any atom is -0.495 e. The summed E-state index contributed by atoms with van der Waals surface area (Å²) in [6.45, 7) is -0.276. The van der Waals surface area contributed by atoms with Crippen LogP contribution in [-0.4, -0.2) is 34.2 Å². The van der Waals surface area contributed by atoms with E-state index in [1.165, 1.54) is 25.5 Å². The van der Waals surface area contributed by atoms with Crippen molar-refractivity contribution in [1.82, 2.24) is 5.43 Å². The Morgan fingerprint density at radius 1 is 0.897 bits per heavy atom. The van der Waals surface area contributed by atoms with E-state index in [1.54, 1.807) is 66.7 Å². The van der Waals surface area contributed by atoms with Crippen LogP contribution < -0.4 is 19.2 Å². The van der Waals surface area contributed by atoms with Gasteiger partial charge in [-0.25, -0.2) is 13.8 Å². The fourth-order valence-corrected chi connectivity index (χ4v) is 5.33. The predicted octanol–water partition coefficient (Wildman–Crippen LogP) is 5.27. The van der Waals surface area contributed by atoms with Crippen LogP contribution in [0.1, 0.15) is 11.1 Å². The van der Waals surface area contributed by atoms with Crippen molar-refractivity contribution in [2.75, 3.05) is 18.0 Å². The largest absolute Gasteiger partial charge is 0.495 e. The molecule has 10 heteroatoms. The van der Waals surface area contributed by atoms with Crippen LogP contribution >= 0.6 is 11.6 Å². The summed E-state index contributed by atoms with van der Waals surface area (Å²) >= 11 is 6.22. The summed E-state index contributed by atoms with van der Waals surface area (Å²) in [4.78, 5) is 12.9. The molecule has 0 atom stereocenters. The average molecular weight is 564 g/mol. The Balaban J connectivity index is 1.51. The molecule has 0 spiro atoms. The van der Waals surface area contributed by atoms with E-state index in [1.807, 2.05) is 24.3 Å². The summed E-state index contributed by atoms with van der Waals surface area (Å²) in [6.07, 6.45) is 1.43. The zero-order valence-corrected chi connectivity index (χ0v) is 22.6. The van der Waals surface area contributed by atoms with E-state index < -0.39 is 22.5 Å². The van der Waals surface area contributed by atoms with E-state index in [-0.39, 0.29) is 17.2 Å². The van der Waals surface area contributed by atoms with Gasteiger partial charge in [0.15, 0.2) is 0 Å². The number of nitrogens with one attached hydrogen (secondary N) is 1. The number of ether oxygens (including phenoxy) is 2. The monoisotopic (exact) mass is 563 g/mol. The number of nitrogens with zero attached hydrogens (tertiary/aromatic N) is 2. The summed E-state index contributed by atoms with van der Waals surface area (Å²) in [5.41, 5.74) is 4.08. The minimum atomic E-state index is -4.09. The number of para-hydroxylation sites is 3. The van der Waals surface area contributed by atoms with Crippen LogP contribution in [0.2, 0.25) is 5.02 Å². The lowest BCUT2D eigenvalue weighted by atomic mass is 10.2. The maximum absolute atomic E-state index is 13.5. The van der Waals surface area contributed by atoms with Gasteiger partial charge in [0.05, 0.1) is 23.9 Å². The van der Waals surface area contributed by atoms with Crippen LogP contribution in [0.3, 0.4) is 0 Å². The molecule has 0 saturated heterocycles. The summed E-state index contributed by atoms with van der Waals surface area (Å²) in [5, 5.41) is 4.63. The molecule has 39 heavy (non-hydrogen) atoms. The number of methoxy groups -OCH3 is 1. The number of anilines is 1. The van der Waals surface area contributed by atoms with Gasteiger partial charge in [0, 0.05) is 16.1 Å². The first-order valence-electron chi connectivity index (χ1n) is 11.9. The number of benzene rings is 4. The lowest BCUT2D eigenvalue weighted by Crippen LogP contribution is -2.39. The molecule has 4 aromatic rings. The van der Waals surface area contributed by atoms with E-state index in [9.17, 15) is 13.2 Å². The molecule has 0 aliphatic heterocycles. The lowest BCUT2D eigenvalue weighted by Gasteiger charge is -2.25. The number of rotatable bonds is 11. The highest BCUT2D eigenvalue weighted by molar-refractivity contribution is 7.92. The molecule has 0 heterocycles. The van der Waals surface area contributed by atoms with Gasteiger partial charge in [-0.1, -0.05) is 72.3 Å². The highest BCUT2D eigenvalue weighted by Gasteiger charge is 2.29. The Bertz CT molecular complexity index is 1560. The minimum absolute atomic E-state index is 0.0387. The van der Waals surface area contributed by atoms with Gasteiger partial charge in [0.25, 0.3) is 15.9 Å². The fourth-order valence-electron chi connectivity index (χ4n) is 3.68. The Labute approximate surface area is 232 Å². The van der Waals surface area contributed by atoms with Gasteiger partial charge in [-0.3, -0.25) is 9.10 Å². The fraction of sp³-hybridized carbons (Fsp3) is 0.103. The van der Waals surface area contributed by atoms with E-state index in [2.05, 4.69) is 10.5 Å². The molecule has 0 bridgehead atoms. The lowest BCUT2D eigenvalue weighted by molar-refractivity contribution is -0.119. The van der Waals surface area contributed by atoms with Crippen LogP contribution in [0.4, 0.5) is 5.69 Å². The summed E-state index contributed by atoms with van der Waals surface area (Å²) in [5.74, 6) is 0.196. The molecule has 4 aromatic carbocycles. The first-order valence-corrected chi connectivity index (χ1v) is 13.7. The zero-order valence-electron chi connectivity index (χ0n) is 21.0. The van der Waals surface area contributed by atoms with E-state index in [4.69, 9.17) is 21.1 Å². The summed E-state index contributed by atoms with van der Waals surface area (Å²) < 4.78 is 39.3. The van der Waals surface area contributed by atoms with Crippen molar-refractivity contribution in [3.63, 3.8) is 0 Å². The highest BCUT2D eigenvalue weighted by atomic mass is 35.5. The third-order valence-electron chi connectivity index (χ3n) is 5.63. The van der Waals surface area contributed by atoms with Crippen molar-refractivity contribution in [1.29, 1.82) is 0 Å². The quantitative estimate of drug-likeness (QED) is 0.198. The highest BCUT2D eigenvalue weighted by Crippen LogP contribution is 2.32. The zero-order chi connectivity index (χ0) is 27.7. The second kappa shape index (κ2) is 12.9. The van der Waals surface area contributed by atoms with Gasteiger partial charge >= 0.3 is 0 Å². The Kier molecular flexibility index (Phi) is 9.19. The molecule has 1 N–H and O–H groups in total. The van der Waals surface area contributed by atoms with Crippen molar-refractivity contribution in [3.05, 3.63) is 119 Å². The number of halogens is 1. The smallest absolute Gasteiger partial charge is 0.264 e.